The number of ether oxygens (including phenoxy) is 1. The number of para-hydroxylation sites is 1. The van der Waals surface area contributed by atoms with E-state index in [1.54, 1.807) is 0 Å². The van der Waals surface area contributed by atoms with Crippen molar-refractivity contribution in [1.82, 2.24) is 0 Å². The van der Waals surface area contributed by atoms with Crippen molar-refractivity contribution >= 4 is 17.3 Å². The second kappa shape index (κ2) is 4.86. The van der Waals surface area contributed by atoms with Crippen molar-refractivity contribution in [3.8, 4) is 0 Å². The fourth-order valence-electron chi connectivity index (χ4n) is 1.85. The first-order valence-corrected chi connectivity index (χ1v) is 5.80. The summed E-state index contributed by atoms with van der Waals surface area (Å²) in [6.45, 7) is 2.85. The Morgan fingerprint density at radius 3 is 2.80 bits per heavy atom. The molecule has 0 bridgehead atoms. The molecule has 0 aromatic heterocycles. The molecule has 0 aliphatic heterocycles. The molecule has 0 spiro atoms. The topological polar surface area (TPSA) is 21.3 Å². The Morgan fingerprint density at radius 2 is 2.13 bits per heavy atom. The van der Waals surface area contributed by atoms with Crippen molar-refractivity contribution in [2.45, 2.75) is 31.9 Å². The molecule has 0 amide bonds. The Bertz CT molecular complexity index is 323. The van der Waals surface area contributed by atoms with Crippen LogP contribution in [0.15, 0.2) is 24.3 Å². The maximum atomic E-state index is 6.05. The Morgan fingerprint density at radius 1 is 1.40 bits per heavy atom. The van der Waals surface area contributed by atoms with Gasteiger partial charge in [0.1, 0.15) is 0 Å². The molecular weight excluding hydrogens is 210 g/mol. The molecule has 0 heterocycles. The predicted octanol–water partition coefficient (Wildman–Crippen LogP) is 3.32. The lowest BCUT2D eigenvalue weighted by Crippen LogP contribution is -2.40. The lowest BCUT2D eigenvalue weighted by molar-refractivity contribution is 0.00299. The molecule has 15 heavy (non-hydrogen) atoms. The summed E-state index contributed by atoms with van der Waals surface area (Å²) in [5.74, 6) is 0. The summed E-state index contributed by atoms with van der Waals surface area (Å²) >= 11 is 6.05. The van der Waals surface area contributed by atoms with Crippen LogP contribution in [0, 0.1) is 0 Å². The number of benzene rings is 1. The van der Waals surface area contributed by atoms with Crippen molar-refractivity contribution in [2.24, 2.45) is 0 Å². The number of halogens is 1. The van der Waals surface area contributed by atoms with E-state index in [1.165, 1.54) is 0 Å². The van der Waals surface area contributed by atoms with Gasteiger partial charge in [0.2, 0.25) is 0 Å². The number of nitrogens with one attached hydrogen (secondary N) is 1. The summed E-state index contributed by atoms with van der Waals surface area (Å²) in [6, 6.07) is 8.37. The zero-order valence-electron chi connectivity index (χ0n) is 8.87. The first-order valence-electron chi connectivity index (χ1n) is 5.42. The van der Waals surface area contributed by atoms with Gasteiger partial charge in [0, 0.05) is 12.6 Å². The van der Waals surface area contributed by atoms with E-state index in [2.05, 4.69) is 5.32 Å². The zero-order chi connectivity index (χ0) is 10.7. The van der Waals surface area contributed by atoms with Crippen LogP contribution in [0.4, 0.5) is 5.69 Å². The summed E-state index contributed by atoms with van der Waals surface area (Å²) in [5, 5.41) is 4.21. The van der Waals surface area contributed by atoms with Gasteiger partial charge in [-0.2, -0.15) is 0 Å². The molecule has 1 aliphatic rings. The highest BCUT2D eigenvalue weighted by Gasteiger charge is 2.29. The molecule has 0 atom stereocenters. The molecule has 1 saturated carbocycles. The molecular formula is C12H16ClNO. The van der Waals surface area contributed by atoms with Crippen LogP contribution in [0.25, 0.3) is 0 Å². The van der Waals surface area contributed by atoms with Crippen LogP contribution in [0.3, 0.4) is 0 Å². The average molecular weight is 226 g/mol. The van der Waals surface area contributed by atoms with Crippen LogP contribution < -0.4 is 5.32 Å². The molecule has 2 rings (SSSR count). The summed E-state index contributed by atoms with van der Waals surface area (Å²) in [7, 11) is 0. The SMILES string of the molecule is CCOC1CC(Nc2ccccc2Cl)C1. The summed E-state index contributed by atoms with van der Waals surface area (Å²) in [5.41, 5.74) is 1.03. The Labute approximate surface area is 95.6 Å². The Balaban J connectivity index is 1.82. The van der Waals surface area contributed by atoms with Crippen molar-refractivity contribution in [2.75, 3.05) is 11.9 Å². The first kappa shape index (κ1) is 10.8. The Kier molecular flexibility index (Phi) is 3.49. The average Bonchev–Trinajstić information content (AvgIpc) is 2.18. The molecule has 0 saturated heterocycles. The smallest absolute Gasteiger partial charge is 0.0637 e. The molecule has 0 radical (unpaired) electrons. The largest absolute Gasteiger partial charge is 0.381 e. The predicted molar refractivity (Wildman–Crippen MR) is 63.5 cm³/mol. The Hall–Kier alpha value is -0.730. The van der Waals surface area contributed by atoms with Gasteiger partial charge in [0.05, 0.1) is 16.8 Å². The maximum Gasteiger partial charge on any atom is 0.0637 e. The molecule has 3 heteroatoms. The zero-order valence-corrected chi connectivity index (χ0v) is 9.63. The third kappa shape index (κ3) is 2.64. The van der Waals surface area contributed by atoms with Crippen LogP contribution in [0.2, 0.25) is 5.02 Å². The van der Waals surface area contributed by atoms with Crippen LogP contribution >= 0.6 is 11.6 Å². The van der Waals surface area contributed by atoms with Gasteiger partial charge in [0.25, 0.3) is 0 Å². The van der Waals surface area contributed by atoms with Crippen molar-refractivity contribution in [3.63, 3.8) is 0 Å². The maximum absolute atomic E-state index is 6.05. The molecule has 1 aliphatic carbocycles. The van der Waals surface area contributed by atoms with Crippen molar-refractivity contribution in [1.29, 1.82) is 0 Å². The molecule has 1 N–H and O–H groups in total. The van der Waals surface area contributed by atoms with E-state index in [4.69, 9.17) is 16.3 Å². The molecule has 82 valence electrons. The van der Waals surface area contributed by atoms with Gasteiger partial charge in [-0.05, 0) is 31.9 Å². The molecule has 1 aromatic carbocycles. The molecule has 2 nitrogen and oxygen atoms in total. The minimum absolute atomic E-state index is 0.440. The van der Waals surface area contributed by atoms with E-state index in [-0.39, 0.29) is 0 Å². The second-order valence-electron chi connectivity index (χ2n) is 3.87. The van der Waals surface area contributed by atoms with Gasteiger partial charge < -0.3 is 10.1 Å². The minimum Gasteiger partial charge on any atom is -0.381 e. The summed E-state index contributed by atoms with van der Waals surface area (Å²) in [6.07, 6.45) is 2.60. The number of rotatable bonds is 4. The highest BCUT2D eigenvalue weighted by Crippen LogP contribution is 2.29. The molecule has 1 aromatic rings. The van der Waals surface area contributed by atoms with Crippen LogP contribution in [-0.4, -0.2) is 18.8 Å². The van der Waals surface area contributed by atoms with E-state index in [0.29, 0.717) is 12.1 Å². The van der Waals surface area contributed by atoms with Crippen LogP contribution in [0.5, 0.6) is 0 Å². The van der Waals surface area contributed by atoms with Gasteiger partial charge >= 0.3 is 0 Å². The monoisotopic (exact) mass is 225 g/mol. The number of hydrogen-bond acceptors (Lipinski definition) is 2. The van der Waals surface area contributed by atoms with Crippen LogP contribution in [-0.2, 0) is 4.74 Å². The fraction of sp³-hybridized carbons (Fsp3) is 0.500. The van der Waals surface area contributed by atoms with Gasteiger partial charge in [-0.25, -0.2) is 0 Å². The highest BCUT2D eigenvalue weighted by atomic mass is 35.5. The standard InChI is InChI=1S/C12H16ClNO/c1-2-15-10-7-9(8-10)14-12-6-4-3-5-11(12)13/h3-6,9-10,14H,2,7-8H2,1H3. The summed E-state index contributed by atoms with van der Waals surface area (Å²) < 4.78 is 5.50. The van der Waals surface area contributed by atoms with Gasteiger partial charge in [-0.15, -0.1) is 0 Å². The van der Waals surface area contributed by atoms with Crippen molar-refractivity contribution < 1.29 is 4.74 Å². The van der Waals surface area contributed by atoms with E-state index in [1.807, 2.05) is 31.2 Å². The van der Waals surface area contributed by atoms with E-state index in [0.717, 1.165) is 30.2 Å². The van der Waals surface area contributed by atoms with Crippen molar-refractivity contribution in [3.05, 3.63) is 29.3 Å². The third-order valence-corrected chi connectivity index (χ3v) is 3.06. The van der Waals surface area contributed by atoms with Gasteiger partial charge in [0.15, 0.2) is 0 Å². The highest BCUT2D eigenvalue weighted by molar-refractivity contribution is 6.33. The first-order chi connectivity index (χ1) is 7.29. The third-order valence-electron chi connectivity index (χ3n) is 2.73. The fourth-order valence-corrected chi connectivity index (χ4v) is 2.04. The van der Waals surface area contributed by atoms with Crippen LogP contribution in [0.1, 0.15) is 19.8 Å². The summed E-state index contributed by atoms with van der Waals surface area (Å²) in [4.78, 5) is 0. The second-order valence-corrected chi connectivity index (χ2v) is 4.28. The molecule has 1 fully saturated rings. The lowest BCUT2D eigenvalue weighted by atomic mass is 9.89. The quantitative estimate of drug-likeness (QED) is 0.849. The van der Waals surface area contributed by atoms with Gasteiger partial charge in [-0.1, -0.05) is 23.7 Å². The minimum atomic E-state index is 0.440. The number of hydrogen-bond donors (Lipinski definition) is 1. The van der Waals surface area contributed by atoms with E-state index >= 15 is 0 Å². The number of anilines is 1. The normalized spacial score (nSPS) is 24.7. The lowest BCUT2D eigenvalue weighted by Gasteiger charge is -2.36. The van der Waals surface area contributed by atoms with Gasteiger partial charge in [-0.3, -0.25) is 0 Å². The van der Waals surface area contributed by atoms with E-state index < -0.39 is 0 Å². The molecule has 0 unspecified atom stereocenters. The van der Waals surface area contributed by atoms with E-state index in [9.17, 15) is 0 Å².